The molecule has 0 aromatic rings. The number of rotatable bonds is 6. The molecule has 0 radical (unpaired) electrons. The lowest BCUT2D eigenvalue weighted by molar-refractivity contribution is -0.290. The molecular formula is C30H39NO12. The summed E-state index contributed by atoms with van der Waals surface area (Å²) in [7, 11) is 1.08. The summed E-state index contributed by atoms with van der Waals surface area (Å²) in [6.45, 7) is 8.13. The van der Waals surface area contributed by atoms with Crippen LogP contribution in [0, 0.1) is 28.6 Å². The Morgan fingerprint density at radius 1 is 1.19 bits per heavy atom. The lowest BCUT2D eigenvalue weighted by Gasteiger charge is -2.67. The molecule has 2 bridgehead atoms. The van der Waals surface area contributed by atoms with Gasteiger partial charge in [0.1, 0.15) is 12.2 Å². The summed E-state index contributed by atoms with van der Waals surface area (Å²) in [6.07, 6.45) is -5.21. The summed E-state index contributed by atoms with van der Waals surface area (Å²) in [5.41, 5.74) is 2.06. The zero-order chi connectivity index (χ0) is 31.8. The number of esters is 4. The number of ketones is 1. The van der Waals surface area contributed by atoms with Crippen molar-refractivity contribution in [3.8, 4) is 0 Å². The van der Waals surface area contributed by atoms with Crippen LogP contribution in [0.15, 0.2) is 23.0 Å². The molecule has 2 saturated heterocycles. The number of fused-ring (bicyclic) bond motifs is 2. The first-order valence-corrected chi connectivity index (χ1v) is 14.4. The van der Waals surface area contributed by atoms with E-state index in [2.05, 4.69) is 0 Å². The minimum absolute atomic E-state index is 0.107. The van der Waals surface area contributed by atoms with Gasteiger partial charge >= 0.3 is 23.9 Å². The highest BCUT2D eigenvalue weighted by atomic mass is 16.6. The van der Waals surface area contributed by atoms with Gasteiger partial charge in [-0.1, -0.05) is 12.5 Å². The number of aliphatic hydroxyl groups is 2. The summed E-state index contributed by atoms with van der Waals surface area (Å²) < 4.78 is 28.2. The molecule has 5 aliphatic rings. The van der Waals surface area contributed by atoms with Crippen molar-refractivity contribution in [3.63, 3.8) is 0 Å². The second-order valence-corrected chi connectivity index (χ2v) is 13.1. The standard InChI is InChI=1S/C30H39NO12/c1-12(2)7-18(33)43-22-24-29-11-40-30(24,27(38)39-6)25(36)20(35)23(29)28(5)10-16(32)21(42-19(34)8-13(3)31)14(4)15(28)9-17(29)41-26(22)37/h7,13,15,17,20,22-25,35-36H,8-11,31H2,1-6H3/t13-,15+,17-,20-,22-,23?,24-,25+,28+,29-,30+/m1/s1. The molecule has 0 aromatic heterocycles. The first-order valence-electron chi connectivity index (χ1n) is 14.4. The van der Waals surface area contributed by atoms with Crippen LogP contribution in [0.1, 0.15) is 53.9 Å². The predicted molar refractivity (Wildman–Crippen MR) is 144 cm³/mol. The molecule has 13 heteroatoms. The molecule has 43 heavy (non-hydrogen) atoms. The van der Waals surface area contributed by atoms with Crippen LogP contribution in [0.2, 0.25) is 0 Å². The minimum atomic E-state index is -2.26. The van der Waals surface area contributed by atoms with Gasteiger partial charge in [0.2, 0.25) is 11.7 Å². The normalized spacial score (nSPS) is 41.7. The van der Waals surface area contributed by atoms with Crippen molar-refractivity contribution < 1.29 is 57.9 Å². The van der Waals surface area contributed by atoms with E-state index in [0.29, 0.717) is 11.1 Å². The average Bonchev–Trinajstić information content (AvgIpc) is 3.21. The van der Waals surface area contributed by atoms with Gasteiger partial charge in [0.15, 0.2) is 11.5 Å². The van der Waals surface area contributed by atoms with Crippen LogP contribution in [-0.4, -0.2) is 89.6 Å². The van der Waals surface area contributed by atoms with Crippen LogP contribution in [0.5, 0.6) is 0 Å². The fourth-order valence-electron chi connectivity index (χ4n) is 8.80. The van der Waals surface area contributed by atoms with Crippen molar-refractivity contribution in [1.29, 1.82) is 0 Å². The van der Waals surface area contributed by atoms with Crippen molar-refractivity contribution in [1.82, 2.24) is 0 Å². The highest BCUT2D eigenvalue weighted by Crippen LogP contribution is 2.72. The van der Waals surface area contributed by atoms with Gasteiger partial charge in [-0.25, -0.2) is 14.4 Å². The number of ether oxygens (including phenoxy) is 5. The highest BCUT2D eigenvalue weighted by Gasteiger charge is 2.85. The van der Waals surface area contributed by atoms with Crippen molar-refractivity contribution in [3.05, 3.63) is 23.0 Å². The predicted octanol–water partition coefficient (Wildman–Crippen LogP) is 0.240. The molecule has 4 N–H and O–H groups in total. The average molecular weight is 606 g/mol. The lowest BCUT2D eigenvalue weighted by atomic mass is 9.38. The van der Waals surface area contributed by atoms with Gasteiger partial charge in [-0.2, -0.15) is 0 Å². The number of Topliss-reactive ketones (excluding diaryl/α,β-unsaturated/α-hetero) is 1. The molecule has 5 rings (SSSR count). The molecule has 3 aliphatic carbocycles. The molecule has 236 valence electrons. The Labute approximate surface area is 248 Å². The van der Waals surface area contributed by atoms with Gasteiger partial charge in [-0.05, 0) is 51.0 Å². The van der Waals surface area contributed by atoms with Gasteiger partial charge in [0.05, 0.1) is 32.2 Å². The van der Waals surface area contributed by atoms with Gasteiger partial charge in [-0.15, -0.1) is 0 Å². The number of nitrogens with two attached hydrogens (primary N) is 1. The number of carbonyl (C=O) groups is 5. The first kappa shape index (κ1) is 31.3. The fourth-order valence-corrected chi connectivity index (χ4v) is 8.80. The second-order valence-electron chi connectivity index (χ2n) is 13.1. The maximum Gasteiger partial charge on any atom is 0.348 e. The first-order chi connectivity index (χ1) is 20.1. The smallest absolute Gasteiger partial charge is 0.348 e. The zero-order valence-electron chi connectivity index (χ0n) is 25.1. The molecule has 13 nitrogen and oxygen atoms in total. The van der Waals surface area contributed by atoms with Crippen LogP contribution < -0.4 is 5.73 Å². The topological polar surface area (TPSA) is 198 Å². The molecule has 11 atom stereocenters. The monoisotopic (exact) mass is 605 g/mol. The molecule has 2 aliphatic heterocycles. The Morgan fingerprint density at radius 2 is 1.86 bits per heavy atom. The summed E-state index contributed by atoms with van der Waals surface area (Å²) in [6, 6.07) is -0.486. The van der Waals surface area contributed by atoms with E-state index < -0.39 is 94.3 Å². The third-order valence-electron chi connectivity index (χ3n) is 10.2. The highest BCUT2D eigenvalue weighted by molar-refractivity contribution is 5.98. The number of allylic oxidation sites excluding steroid dienone is 3. The van der Waals surface area contributed by atoms with E-state index in [0.717, 1.165) is 7.11 Å². The molecule has 1 spiro atoms. The molecule has 1 unspecified atom stereocenters. The molecule has 2 saturated carbocycles. The van der Waals surface area contributed by atoms with E-state index in [1.165, 1.54) is 6.08 Å². The number of aliphatic hydroxyl groups excluding tert-OH is 2. The largest absolute Gasteiger partial charge is 0.467 e. The number of methoxy groups -OCH3 is 1. The second kappa shape index (κ2) is 10.5. The molecule has 4 fully saturated rings. The SMILES string of the molecule is COC(=O)[C@@]12OC[C@]34C([C@@H](O)[C@@H]1O)[C@@]1(C)CC(=O)C(OC(=O)C[C@@H](C)N)=C(C)[C@@H]1C[C@H]3OC(=O)[C@H](OC(=O)C=C(C)C)[C@@H]24. The summed E-state index contributed by atoms with van der Waals surface area (Å²) in [5.74, 6) is -6.95. The Hall–Kier alpha value is -3.13. The Morgan fingerprint density at radius 3 is 2.47 bits per heavy atom. The summed E-state index contributed by atoms with van der Waals surface area (Å²) in [5, 5.41) is 23.5. The van der Waals surface area contributed by atoms with Gasteiger partial charge in [-0.3, -0.25) is 9.59 Å². The maximum atomic E-state index is 13.6. The van der Waals surface area contributed by atoms with E-state index in [-0.39, 0.29) is 31.6 Å². The number of carbonyl (C=O) groups excluding carboxylic acids is 5. The van der Waals surface area contributed by atoms with E-state index in [1.54, 1.807) is 34.6 Å². The van der Waals surface area contributed by atoms with Crippen LogP contribution in [0.25, 0.3) is 0 Å². The Balaban J connectivity index is 1.67. The summed E-state index contributed by atoms with van der Waals surface area (Å²) >= 11 is 0. The minimum Gasteiger partial charge on any atom is -0.467 e. The van der Waals surface area contributed by atoms with Crippen LogP contribution in [-0.2, 0) is 47.7 Å². The van der Waals surface area contributed by atoms with Crippen molar-refractivity contribution >= 4 is 29.7 Å². The van der Waals surface area contributed by atoms with E-state index in [1.807, 2.05) is 0 Å². The third kappa shape index (κ3) is 4.30. The van der Waals surface area contributed by atoms with Crippen molar-refractivity contribution in [2.75, 3.05) is 13.7 Å². The Bertz CT molecular complexity index is 1330. The zero-order valence-corrected chi connectivity index (χ0v) is 25.1. The Kier molecular flexibility index (Phi) is 7.64. The molecule has 2 heterocycles. The lowest BCUT2D eigenvalue weighted by Crippen LogP contribution is -2.79. The van der Waals surface area contributed by atoms with E-state index >= 15 is 0 Å². The van der Waals surface area contributed by atoms with Crippen LogP contribution >= 0.6 is 0 Å². The van der Waals surface area contributed by atoms with Crippen molar-refractivity contribution in [2.45, 2.75) is 89.9 Å². The van der Waals surface area contributed by atoms with Gasteiger partial charge in [0, 0.05) is 29.9 Å². The fraction of sp³-hybridized carbons (Fsp3) is 0.700. The van der Waals surface area contributed by atoms with Crippen LogP contribution in [0.3, 0.4) is 0 Å². The van der Waals surface area contributed by atoms with Gasteiger partial charge < -0.3 is 39.6 Å². The molecule has 0 amide bonds. The van der Waals surface area contributed by atoms with Crippen LogP contribution in [0.4, 0.5) is 0 Å². The quantitative estimate of drug-likeness (QED) is 0.212. The van der Waals surface area contributed by atoms with Gasteiger partial charge in [0.25, 0.3) is 0 Å². The summed E-state index contributed by atoms with van der Waals surface area (Å²) in [4.78, 5) is 65.9. The van der Waals surface area contributed by atoms with E-state index in [4.69, 9.17) is 29.4 Å². The number of hydrogen-bond donors (Lipinski definition) is 3. The maximum absolute atomic E-state index is 13.6. The number of hydrogen-bond acceptors (Lipinski definition) is 13. The third-order valence-corrected chi connectivity index (χ3v) is 10.2. The van der Waals surface area contributed by atoms with E-state index in [9.17, 15) is 34.2 Å². The van der Waals surface area contributed by atoms with Crippen molar-refractivity contribution in [2.24, 2.45) is 34.3 Å². The molecular weight excluding hydrogens is 566 g/mol. The molecule has 0 aromatic carbocycles.